The van der Waals surface area contributed by atoms with E-state index in [4.69, 9.17) is 8.83 Å². The first-order valence-corrected chi connectivity index (χ1v) is 6.21. The fourth-order valence-corrected chi connectivity index (χ4v) is 1.72. The zero-order valence-electron chi connectivity index (χ0n) is 11.2. The summed E-state index contributed by atoms with van der Waals surface area (Å²) >= 11 is 0. The Morgan fingerprint density at radius 3 is 3.05 bits per heavy atom. The SMILES string of the molecule is Cc1ccc(-c2cc(C(=O)N/N=C/c3ccco3)n[nH]2)o1. The average molecular weight is 284 g/mol. The fourth-order valence-electron chi connectivity index (χ4n) is 1.72. The van der Waals surface area contributed by atoms with Crippen molar-refractivity contribution in [2.75, 3.05) is 0 Å². The quantitative estimate of drug-likeness (QED) is 0.567. The molecule has 0 unspecified atom stereocenters. The first-order valence-electron chi connectivity index (χ1n) is 6.21. The lowest BCUT2D eigenvalue weighted by atomic mass is 10.3. The van der Waals surface area contributed by atoms with Crippen LogP contribution in [0.5, 0.6) is 0 Å². The van der Waals surface area contributed by atoms with Crippen LogP contribution < -0.4 is 5.43 Å². The molecule has 0 aliphatic rings. The Balaban J connectivity index is 1.67. The van der Waals surface area contributed by atoms with Gasteiger partial charge in [0.2, 0.25) is 0 Å². The zero-order valence-corrected chi connectivity index (χ0v) is 11.2. The average Bonchev–Trinajstić information content (AvgIpc) is 3.19. The molecule has 0 saturated heterocycles. The van der Waals surface area contributed by atoms with Gasteiger partial charge >= 0.3 is 0 Å². The molecule has 7 nitrogen and oxygen atoms in total. The van der Waals surface area contributed by atoms with Crippen molar-refractivity contribution in [2.45, 2.75) is 6.92 Å². The number of nitrogens with zero attached hydrogens (tertiary/aromatic N) is 2. The van der Waals surface area contributed by atoms with E-state index in [0.29, 0.717) is 17.2 Å². The van der Waals surface area contributed by atoms with Crippen LogP contribution in [0.4, 0.5) is 0 Å². The maximum atomic E-state index is 11.9. The lowest BCUT2D eigenvalue weighted by Crippen LogP contribution is -2.17. The molecule has 21 heavy (non-hydrogen) atoms. The Morgan fingerprint density at radius 2 is 2.33 bits per heavy atom. The molecule has 0 bridgehead atoms. The van der Waals surface area contributed by atoms with Crippen LogP contribution in [-0.2, 0) is 0 Å². The third kappa shape index (κ3) is 2.92. The van der Waals surface area contributed by atoms with E-state index in [1.807, 2.05) is 13.0 Å². The number of rotatable bonds is 4. The highest BCUT2D eigenvalue weighted by Crippen LogP contribution is 2.20. The summed E-state index contributed by atoms with van der Waals surface area (Å²) in [4.78, 5) is 11.9. The summed E-state index contributed by atoms with van der Waals surface area (Å²) < 4.78 is 10.5. The number of nitrogens with one attached hydrogen (secondary N) is 2. The van der Waals surface area contributed by atoms with Crippen LogP contribution in [0.2, 0.25) is 0 Å². The van der Waals surface area contributed by atoms with Crippen molar-refractivity contribution in [1.82, 2.24) is 15.6 Å². The number of hydrogen-bond donors (Lipinski definition) is 2. The monoisotopic (exact) mass is 284 g/mol. The summed E-state index contributed by atoms with van der Waals surface area (Å²) in [5.74, 6) is 1.53. The third-order valence-corrected chi connectivity index (χ3v) is 2.72. The molecular formula is C14H12N4O3. The van der Waals surface area contributed by atoms with Gasteiger partial charge in [-0.05, 0) is 31.2 Å². The molecule has 0 aliphatic carbocycles. The number of hydrogen-bond acceptors (Lipinski definition) is 5. The minimum absolute atomic E-state index is 0.218. The van der Waals surface area contributed by atoms with E-state index >= 15 is 0 Å². The number of amides is 1. The van der Waals surface area contributed by atoms with Gasteiger partial charge in [-0.1, -0.05) is 0 Å². The van der Waals surface area contributed by atoms with Gasteiger partial charge in [-0.3, -0.25) is 9.89 Å². The zero-order chi connectivity index (χ0) is 14.7. The predicted molar refractivity (Wildman–Crippen MR) is 74.8 cm³/mol. The largest absolute Gasteiger partial charge is 0.463 e. The Morgan fingerprint density at radius 1 is 1.43 bits per heavy atom. The van der Waals surface area contributed by atoms with Gasteiger partial charge in [-0.25, -0.2) is 5.43 Å². The van der Waals surface area contributed by atoms with Crippen LogP contribution in [0.25, 0.3) is 11.5 Å². The predicted octanol–water partition coefficient (Wildman–Crippen LogP) is 2.34. The molecule has 2 N–H and O–H groups in total. The number of carbonyl (C=O) groups excluding carboxylic acids is 1. The van der Waals surface area contributed by atoms with Crippen molar-refractivity contribution in [3.8, 4) is 11.5 Å². The van der Waals surface area contributed by atoms with Gasteiger partial charge in [-0.15, -0.1) is 0 Å². The summed E-state index contributed by atoms with van der Waals surface area (Å²) in [6, 6.07) is 8.69. The number of hydrazone groups is 1. The molecule has 0 atom stereocenters. The number of H-pyrrole nitrogens is 1. The molecule has 0 saturated carbocycles. The summed E-state index contributed by atoms with van der Waals surface area (Å²) in [6.07, 6.45) is 2.93. The molecule has 3 heterocycles. The Kier molecular flexibility index (Phi) is 3.38. The lowest BCUT2D eigenvalue weighted by molar-refractivity contribution is 0.0950. The molecule has 0 radical (unpaired) electrons. The number of carbonyl (C=O) groups is 1. The van der Waals surface area contributed by atoms with Gasteiger partial charge in [0.25, 0.3) is 5.91 Å². The van der Waals surface area contributed by atoms with E-state index in [1.54, 1.807) is 24.3 Å². The number of aryl methyl sites for hydroxylation is 1. The Labute approximate surface area is 119 Å². The molecule has 3 aromatic rings. The third-order valence-electron chi connectivity index (χ3n) is 2.72. The lowest BCUT2D eigenvalue weighted by Gasteiger charge is -1.93. The van der Waals surface area contributed by atoms with E-state index in [2.05, 4.69) is 20.7 Å². The normalized spacial score (nSPS) is 11.1. The van der Waals surface area contributed by atoms with Gasteiger partial charge in [0, 0.05) is 6.07 Å². The summed E-state index contributed by atoms with van der Waals surface area (Å²) in [5.41, 5.74) is 3.21. The number of aromatic amines is 1. The van der Waals surface area contributed by atoms with Crippen LogP contribution >= 0.6 is 0 Å². The minimum atomic E-state index is -0.427. The second-order valence-electron chi connectivity index (χ2n) is 4.29. The highest BCUT2D eigenvalue weighted by Gasteiger charge is 2.12. The molecule has 3 aromatic heterocycles. The van der Waals surface area contributed by atoms with Crippen molar-refractivity contribution in [2.24, 2.45) is 5.10 Å². The van der Waals surface area contributed by atoms with E-state index in [0.717, 1.165) is 5.76 Å². The highest BCUT2D eigenvalue weighted by atomic mass is 16.3. The molecule has 0 spiro atoms. The number of aromatic nitrogens is 2. The maximum Gasteiger partial charge on any atom is 0.291 e. The van der Waals surface area contributed by atoms with Crippen molar-refractivity contribution in [1.29, 1.82) is 0 Å². The second kappa shape index (κ2) is 5.49. The molecule has 1 amide bonds. The van der Waals surface area contributed by atoms with Gasteiger partial charge in [-0.2, -0.15) is 10.2 Å². The van der Waals surface area contributed by atoms with Crippen LogP contribution in [0, 0.1) is 6.92 Å². The Hall–Kier alpha value is -3.09. The summed E-state index contributed by atoms with van der Waals surface area (Å²) in [7, 11) is 0. The Bertz CT molecular complexity index is 768. The molecule has 0 aliphatic heterocycles. The van der Waals surface area contributed by atoms with Gasteiger partial charge in [0.15, 0.2) is 11.5 Å². The van der Waals surface area contributed by atoms with E-state index < -0.39 is 5.91 Å². The van der Waals surface area contributed by atoms with Crippen molar-refractivity contribution in [3.05, 3.63) is 53.8 Å². The molecule has 3 rings (SSSR count). The van der Waals surface area contributed by atoms with Crippen molar-refractivity contribution >= 4 is 12.1 Å². The van der Waals surface area contributed by atoms with E-state index in [-0.39, 0.29) is 5.69 Å². The van der Waals surface area contributed by atoms with Gasteiger partial charge in [0.1, 0.15) is 17.2 Å². The summed E-state index contributed by atoms with van der Waals surface area (Å²) in [5, 5.41) is 10.4. The summed E-state index contributed by atoms with van der Waals surface area (Å²) in [6.45, 7) is 1.84. The molecule has 0 aromatic carbocycles. The van der Waals surface area contributed by atoms with E-state index in [9.17, 15) is 4.79 Å². The van der Waals surface area contributed by atoms with Crippen LogP contribution in [0.1, 0.15) is 22.0 Å². The molecule has 106 valence electrons. The van der Waals surface area contributed by atoms with Crippen LogP contribution in [0.3, 0.4) is 0 Å². The first-order chi connectivity index (χ1) is 10.2. The van der Waals surface area contributed by atoms with Crippen molar-refractivity contribution < 1.29 is 13.6 Å². The van der Waals surface area contributed by atoms with Gasteiger partial charge in [0.05, 0.1) is 12.5 Å². The van der Waals surface area contributed by atoms with Crippen LogP contribution in [0.15, 0.2) is 50.5 Å². The molecular weight excluding hydrogens is 272 g/mol. The highest BCUT2D eigenvalue weighted by molar-refractivity contribution is 5.93. The smallest absolute Gasteiger partial charge is 0.291 e. The molecule has 0 fully saturated rings. The first kappa shape index (κ1) is 12.9. The van der Waals surface area contributed by atoms with Crippen LogP contribution in [-0.4, -0.2) is 22.3 Å². The van der Waals surface area contributed by atoms with E-state index in [1.165, 1.54) is 12.5 Å². The fraction of sp³-hybridized carbons (Fsp3) is 0.0714. The van der Waals surface area contributed by atoms with Gasteiger partial charge < -0.3 is 8.83 Å². The molecule has 7 heteroatoms. The van der Waals surface area contributed by atoms with Crippen molar-refractivity contribution in [3.63, 3.8) is 0 Å². The topological polar surface area (TPSA) is 96.4 Å². The standard InChI is InChI=1S/C14H12N4O3/c1-9-4-5-13(21-9)11-7-12(17-16-11)14(19)18-15-8-10-3-2-6-20-10/h2-8H,1H3,(H,16,17)(H,18,19)/b15-8+. The minimum Gasteiger partial charge on any atom is -0.463 e. The second-order valence-corrected chi connectivity index (χ2v) is 4.29. The number of furan rings is 2. The maximum absolute atomic E-state index is 11.9.